The van der Waals surface area contributed by atoms with E-state index in [0.717, 1.165) is 190 Å². The van der Waals surface area contributed by atoms with Gasteiger partial charge in [0.2, 0.25) is 22.8 Å². The minimum Gasteiger partial charge on any atom is -0.456 e. The highest BCUT2D eigenvalue weighted by atomic mass is 16.3. The number of aromatic nitrogens is 4. The molecule has 0 unspecified atom stereocenters. The lowest BCUT2D eigenvalue weighted by molar-refractivity contribution is -0.660. The summed E-state index contributed by atoms with van der Waals surface area (Å²) in [6.45, 7) is 12.3. The van der Waals surface area contributed by atoms with Crippen LogP contribution in [0.3, 0.4) is 0 Å². The summed E-state index contributed by atoms with van der Waals surface area (Å²) in [5.41, 5.74) is 22.8. The second kappa shape index (κ2) is 31.9. The SMILES string of the molecule is Cc1ccc2c(oc3ccc4ccccc4c32)c1-c1c2ccccc2cc[n+]1C.[2H]C([2H])(c1cc[n+](C)c(-c2cc3c(cc2C)oc2ccc4ccccc4c23)c1)C(C)C.[2H]C([2H])(c1cc[n+](C)c(-c2cc3c(cc2C)oc2ccc4ccccc4c23)c1)C1CCCC1.[2H]C([2H])(c1cc[n+](C)c(-c2cc3c(cc2C)oc2ccc4ccccc4c23)c1)C1CCCCC1. The maximum Gasteiger partial charge on any atom is 0.224 e. The lowest BCUT2D eigenvalue weighted by atomic mass is 9.85. The summed E-state index contributed by atoms with van der Waals surface area (Å²) in [4.78, 5) is 0. The molecule has 8 aromatic heterocycles. The molecule has 0 N–H and O–H groups in total. The molecule has 0 radical (unpaired) electrons. The normalized spacial score (nSPS) is 14.6. The van der Waals surface area contributed by atoms with Gasteiger partial charge >= 0.3 is 0 Å². The molecular weight excluding hydrogens is 1480 g/mol. The number of furan rings is 4. The van der Waals surface area contributed by atoms with Crippen molar-refractivity contribution in [2.75, 3.05) is 0 Å². The summed E-state index contributed by atoms with van der Waals surface area (Å²) < 4.78 is 86.6. The van der Waals surface area contributed by atoms with Crippen molar-refractivity contribution in [2.24, 2.45) is 45.9 Å². The van der Waals surface area contributed by atoms with E-state index in [2.05, 4.69) is 290 Å². The maximum absolute atomic E-state index is 8.99. The molecule has 0 amide bonds. The first kappa shape index (κ1) is 69.9. The van der Waals surface area contributed by atoms with Crippen LogP contribution in [0.25, 0.3) is 187 Å². The molecule has 0 bridgehead atoms. The standard InChI is InChI=1S/C30H30NO.C29H28NO.C27H20NO.C27H26NO/c1-20-16-29-26(30-24-11-7-6-10-23(24)12-13-28(30)32-29)19-25(20)27-18-22(14-15-31(27)2)17-21-8-4-3-5-9-21;1-19-15-28-25(29-23-10-6-5-9-22(23)11-12-27(29)31-28)18-24(19)26-17-21(13-14-30(26)2)16-20-7-3-4-8-20;1-17-11-13-22-25-20-9-5-3-7-18(20)12-14-23(25)29-27(22)24(17)26-21-10-6-4-8-19(21)15-16-28(26)2;1-17(2)13-19-11-12-28(4)24(15-19)22-16-23-26(14-18(22)3)29-25-10-9-20-7-5-6-8-21(20)27(23)25/h6-7,10-16,18-19,21H,3-5,8-9,17H2,1-2H3;5-6,9-15,17-18,20H,3-4,7-8,16H2,1-2H3;3-16H,1-2H3;5-12,14-17H,13H2,1-4H3/q4*+1/i17D2;16D2;;13D2. The summed E-state index contributed by atoms with van der Waals surface area (Å²) in [5.74, 6) is 0.0844. The average Bonchev–Trinajstić information content (AvgIpc) is 1.60. The van der Waals surface area contributed by atoms with Gasteiger partial charge in [0.15, 0.2) is 24.8 Å². The van der Waals surface area contributed by atoms with Gasteiger partial charge in [-0.2, -0.15) is 0 Å². The van der Waals surface area contributed by atoms with Gasteiger partial charge in [-0.05, 0) is 219 Å². The topological polar surface area (TPSA) is 68.1 Å². The lowest BCUT2D eigenvalue weighted by Crippen LogP contribution is -2.31. The van der Waals surface area contributed by atoms with Crippen LogP contribution in [0.2, 0.25) is 0 Å². The third-order valence-electron chi connectivity index (χ3n) is 25.6. The molecule has 0 spiro atoms. The Hall–Kier alpha value is -13.0. The molecular formula is C113H104N4O4+4. The van der Waals surface area contributed by atoms with Gasteiger partial charge in [-0.1, -0.05) is 223 Å². The predicted octanol–water partition coefficient (Wildman–Crippen LogP) is 28.4. The number of hydrogen-bond acceptors (Lipinski definition) is 4. The molecule has 8 heteroatoms. The van der Waals surface area contributed by atoms with Crippen molar-refractivity contribution < 1.29 is 44.2 Å². The van der Waals surface area contributed by atoms with Crippen molar-refractivity contribution in [3.63, 3.8) is 0 Å². The van der Waals surface area contributed by atoms with Crippen molar-refractivity contribution in [3.8, 4) is 45.0 Å². The van der Waals surface area contributed by atoms with Crippen molar-refractivity contribution >= 4 is 142 Å². The minimum absolute atomic E-state index is 0.0922. The van der Waals surface area contributed by atoms with Crippen LogP contribution in [0, 0.1) is 45.4 Å². The molecule has 2 aliphatic carbocycles. The van der Waals surface area contributed by atoms with Crippen LogP contribution in [-0.4, -0.2) is 0 Å². The van der Waals surface area contributed by atoms with Gasteiger partial charge in [-0.25, -0.2) is 18.3 Å². The summed E-state index contributed by atoms with van der Waals surface area (Å²) >= 11 is 0. The second-order valence-corrected chi connectivity index (χ2v) is 34.2. The number of nitrogens with zero attached hydrogens (tertiary/aromatic N) is 4. The van der Waals surface area contributed by atoms with Crippen LogP contribution in [0.1, 0.15) is 119 Å². The molecule has 13 aromatic carbocycles. The van der Waals surface area contributed by atoms with E-state index in [-0.39, 0.29) is 17.8 Å². The Morgan fingerprint density at radius 1 is 0.306 bits per heavy atom. The minimum atomic E-state index is -1.39. The first-order valence-electron chi connectivity index (χ1n) is 46.1. The Bertz CT molecular complexity index is 7970. The number of hydrogen-bond donors (Lipinski definition) is 0. The lowest BCUT2D eigenvalue weighted by Gasteiger charge is -2.21. The fourth-order valence-corrected chi connectivity index (χ4v) is 19.4. The Morgan fingerprint density at radius 3 is 1.05 bits per heavy atom. The van der Waals surface area contributed by atoms with Gasteiger partial charge in [-0.3, -0.25) is 0 Å². The van der Waals surface area contributed by atoms with Crippen molar-refractivity contribution in [1.82, 2.24) is 0 Å². The molecule has 0 saturated heterocycles. The predicted molar refractivity (Wildman–Crippen MR) is 502 cm³/mol. The Kier molecular flexibility index (Phi) is 18.4. The number of rotatable bonds is 10. The highest BCUT2D eigenvalue weighted by molar-refractivity contribution is 6.24. The van der Waals surface area contributed by atoms with E-state index in [4.69, 9.17) is 25.9 Å². The molecule has 8 heterocycles. The van der Waals surface area contributed by atoms with Gasteiger partial charge in [0, 0.05) is 110 Å². The highest BCUT2D eigenvalue weighted by Crippen LogP contribution is 2.45. The maximum atomic E-state index is 8.99. The Morgan fingerprint density at radius 2 is 0.645 bits per heavy atom. The van der Waals surface area contributed by atoms with Crippen LogP contribution in [0.15, 0.2) is 303 Å². The third-order valence-corrected chi connectivity index (χ3v) is 25.6. The molecule has 0 atom stereocenters. The van der Waals surface area contributed by atoms with Crippen LogP contribution in [-0.2, 0) is 47.3 Å². The van der Waals surface area contributed by atoms with Gasteiger partial charge in [0.25, 0.3) is 0 Å². The van der Waals surface area contributed by atoms with Crippen LogP contribution in [0.5, 0.6) is 0 Å². The number of pyridine rings is 4. The first-order chi connectivity index (χ1) is 61.4. The van der Waals surface area contributed by atoms with Crippen molar-refractivity contribution in [3.05, 3.63) is 325 Å². The van der Waals surface area contributed by atoms with Gasteiger partial charge < -0.3 is 17.7 Å². The summed E-state index contributed by atoms with van der Waals surface area (Å²) in [7, 11) is 8.20. The molecule has 0 aliphatic heterocycles. The monoisotopic (exact) mass is 1590 g/mol. The van der Waals surface area contributed by atoms with E-state index in [0.29, 0.717) is 5.56 Å². The average molecular weight is 1590 g/mol. The van der Waals surface area contributed by atoms with E-state index >= 15 is 0 Å². The van der Waals surface area contributed by atoms with E-state index in [1.807, 2.05) is 83.9 Å². The van der Waals surface area contributed by atoms with E-state index in [9.17, 15) is 0 Å². The first-order valence-corrected chi connectivity index (χ1v) is 43.1. The van der Waals surface area contributed by atoms with Crippen molar-refractivity contribution in [1.29, 1.82) is 0 Å². The summed E-state index contributed by atoms with van der Waals surface area (Å²) in [6, 6.07) is 90.6. The van der Waals surface area contributed by atoms with E-state index in [1.54, 1.807) is 0 Å². The van der Waals surface area contributed by atoms with Crippen molar-refractivity contribution in [2.45, 2.75) is 118 Å². The quantitative estimate of drug-likeness (QED) is 0.128. The Labute approximate surface area is 715 Å². The highest BCUT2D eigenvalue weighted by Gasteiger charge is 2.28. The zero-order chi connectivity index (χ0) is 87.6. The molecule has 121 heavy (non-hydrogen) atoms. The third kappa shape index (κ3) is 14.4. The molecule has 2 saturated carbocycles. The van der Waals surface area contributed by atoms with Crippen LogP contribution < -0.4 is 18.3 Å². The second-order valence-electron chi connectivity index (χ2n) is 34.2. The number of fused-ring (bicyclic) bond motifs is 21. The largest absolute Gasteiger partial charge is 0.456 e. The molecule has 596 valence electrons. The smallest absolute Gasteiger partial charge is 0.224 e. The molecule has 21 aromatic rings. The van der Waals surface area contributed by atoms with Gasteiger partial charge in [-0.15, -0.1) is 0 Å². The van der Waals surface area contributed by atoms with Gasteiger partial charge in [0.1, 0.15) is 72.9 Å². The number of benzene rings is 13. The Balaban J connectivity index is 0.000000107. The van der Waals surface area contributed by atoms with Crippen LogP contribution in [0.4, 0.5) is 0 Å². The summed E-state index contributed by atoms with van der Waals surface area (Å²) in [6.07, 6.45) is 13.8. The van der Waals surface area contributed by atoms with Gasteiger partial charge in [0.05, 0.1) is 10.9 Å². The molecule has 23 rings (SSSR count). The van der Waals surface area contributed by atoms with Crippen LogP contribution >= 0.6 is 0 Å². The van der Waals surface area contributed by atoms with E-state index in [1.165, 1.54) is 87.9 Å². The number of aryl methyl sites for hydroxylation is 8. The fourth-order valence-electron chi connectivity index (χ4n) is 19.4. The zero-order valence-electron chi connectivity index (χ0n) is 76.7. The van der Waals surface area contributed by atoms with E-state index < -0.39 is 19.1 Å². The summed E-state index contributed by atoms with van der Waals surface area (Å²) in [5, 5.41) is 21.2. The molecule has 2 aliphatic rings. The zero-order valence-corrected chi connectivity index (χ0v) is 70.7. The fraction of sp³-hybridized carbons (Fsp3) is 0.221. The molecule has 2 fully saturated rings. The molecule has 8 nitrogen and oxygen atoms in total.